The van der Waals surface area contributed by atoms with Gasteiger partial charge >= 0.3 is 6.18 Å². The number of benzene rings is 2. The minimum atomic E-state index is -4.66. The standard InChI is InChI=1S/C24H21F4N3O2S/c1-29(2)9-10-31-22(32)21(34-23(31)33)12-15-3-6-20-16(11-15)7-8-30(20)14-17-4-5-18(25)13-19(17)24(26,27)28/h3-8,11-13H,9-10,14H2,1-2H3/b21-12-. The Morgan fingerprint density at radius 3 is 2.53 bits per heavy atom. The molecule has 2 heterocycles. The summed E-state index contributed by atoms with van der Waals surface area (Å²) < 4.78 is 55.1. The number of aromatic nitrogens is 1. The largest absolute Gasteiger partial charge is 0.416 e. The molecule has 1 fully saturated rings. The van der Waals surface area contributed by atoms with E-state index in [4.69, 9.17) is 0 Å². The Hall–Kier alpha value is -3.11. The molecule has 4 rings (SSSR count). The second kappa shape index (κ2) is 9.27. The van der Waals surface area contributed by atoms with Gasteiger partial charge in [-0.2, -0.15) is 13.2 Å². The van der Waals surface area contributed by atoms with Crippen LogP contribution in [0.15, 0.2) is 53.6 Å². The van der Waals surface area contributed by atoms with Gasteiger partial charge in [0.2, 0.25) is 0 Å². The summed E-state index contributed by atoms with van der Waals surface area (Å²) in [6, 6.07) is 9.70. The number of halogens is 4. The van der Waals surface area contributed by atoms with E-state index in [1.165, 1.54) is 4.90 Å². The topological polar surface area (TPSA) is 45.5 Å². The van der Waals surface area contributed by atoms with Crippen molar-refractivity contribution in [3.63, 3.8) is 0 Å². The van der Waals surface area contributed by atoms with Crippen LogP contribution in [0.3, 0.4) is 0 Å². The number of imide groups is 1. The van der Waals surface area contributed by atoms with Crippen LogP contribution in [-0.2, 0) is 17.5 Å². The fraction of sp³-hybridized carbons (Fsp3) is 0.250. The Morgan fingerprint density at radius 1 is 1.06 bits per heavy atom. The van der Waals surface area contributed by atoms with Crippen molar-refractivity contribution < 1.29 is 27.2 Å². The van der Waals surface area contributed by atoms with E-state index in [1.807, 2.05) is 19.0 Å². The molecule has 0 spiro atoms. The zero-order valence-corrected chi connectivity index (χ0v) is 19.2. The summed E-state index contributed by atoms with van der Waals surface area (Å²) in [6.45, 7) is 0.790. The molecule has 0 N–H and O–H groups in total. The second-order valence-electron chi connectivity index (χ2n) is 8.20. The Bertz CT molecular complexity index is 1300. The molecule has 0 unspecified atom stereocenters. The van der Waals surface area contributed by atoms with Gasteiger partial charge in [0.1, 0.15) is 5.82 Å². The number of carbonyl (C=O) groups excluding carboxylic acids is 2. The van der Waals surface area contributed by atoms with E-state index < -0.39 is 17.6 Å². The SMILES string of the molecule is CN(C)CCN1C(=O)S/C(=C\c2ccc3c(ccn3Cc3ccc(F)cc3C(F)(F)F)c2)C1=O. The van der Waals surface area contributed by atoms with Crippen molar-refractivity contribution in [3.8, 4) is 0 Å². The number of amides is 2. The molecule has 2 amide bonds. The van der Waals surface area contributed by atoms with Gasteiger partial charge in [-0.3, -0.25) is 14.5 Å². The number of hydrogen-bond acceptors (Lipinski definition) is 4. The molecular weight excluding hydrogens is 470 g/mol. The number of rotatable bonds is 6. The highest BCUT2D eigenvalue weighted by atomic mass is 32.2. The summed E-state index contributed by atoms with van der Waals surface area (Å²) in [4.78, 5) is 28.2. The number of alkyl halides is 3. The van der Waals surface area contributed by atoms with Gasteiger partial charge in [0, 0.05) is 36.7 Å². The molecule has 2 aromatic carbocycles. The molecule has 1 saturated heterocycles. The Kier molecular flexibility index (Phi) is 6.55. The van der Waals surface area contributed by atoms with Crippen LogP contribution in [0, 0.1) is 5.82 Å². The quantitative estimate of drug-likeness (QED) is 0.340. The zero-order chi connectivity index (χ0) is 24.6. The molecular formula is C24H21F4N3O2S. The minimum absolute atomic E-state index is 0.0399. The molecule has 1 aliphatic rings. The van der Waals surface area contributed by atoms with Crippen molar-refractivity contribution in [1.29, 1.82) is 0 Å². The smallest absolute Gasteiger partial charge is 0.343 e. The van der Waals surface area contributed by atoms with Crippen molar-refractivity contribution in [2.75, 3.05) is 27.2 Å². The van der Waals surface area contributed by atoms with Gasteiger partial charge < -0.3 is 9.47 Å². The maximum absolute atomic E-state index is 13.4. The Balaban J connectivity index is 1.58. The molecule has 0 saturated carbocycles. The number of carbonyl (C=O) groups is 2. The maximum Gasteiger partial charge on any atom is 0.416 e. The molecule has 0 radical (unpaired) electrons. The van der Waals surface area contributed by atoms with E-state index in [2.05, 4.69) is 0 Å². The zero-order valence-electron chi connectivity index (χ0n) is 18.4. The lowest BCUT2D eigenvalue weighted by Crippen LogP contribution is -2.34. The van der Waals surface area contributed by atoms with Crippen molar-refractivity contribution in [3.05, 3.63) is 76.1 Å². The maximum atomic E-state index is 13.4. The van der Waals surface area contributed by atoms with Crippen LogP contribution < -0.4 is 0 Å². The van der Waals surface area contributed by atoms with Crippen LogP contribution in [0.4, 0.5) is 22.4 Å². The summed E-state index contributed by atoms with van der Waals surface area (Å²) in [5.41, 5.74) is 0.340. The third kappa shape index (κ3) is 5.02. The van der Waals surface area contributed by atoms with Crippen LogP contribution in [-0.4, -0.2) is 52.7 Å². The summed E-state index contributed by atoms with van der Waals surface area (Å²) >= 11 is 0.883. The first-order valence-corrected chi connectivity index (χ1v) is 11.2. The summed E-state index contributed by atoms with van der Waals surface area (Å²) in [7, 11) is 3.71. The normalized spacial score (nSPS) is 16.0. The highest BCUT2D eigenvalue weighted by molar-refractivity contribution is 8.18. The average molecular weight is 492 g/mol. The van der Waals surface area contributed by atoms with Gasteiger partial charge in [-0.25, -0.2) is 4.39 Å². The summed E-state index contributed by atoms with van der Waals surface area (Å²) in [6.07, 6.45) is -1.37. The highest BCUT2D eigenvalue weighted by Crippen LogP contribution is 2.34. The molecule has 1 aliphatic heterocycles. The highest BCUT2D eigenvalue weighted by Gasteiger charge is 2.35. The third-order valence-corrected chi connectivity index (χ3v) is 6.36. The van der Waals surface area contributed by atoms with Crippen LogP contribution in [0.25, 0.3) is 17.0 Å². The third-order valence-electron chi connectivity index (χ3n) is 5.46. The monoisotopic (exact) mass is 491 g/mol. The number of nitrogens with zero attached hydrogens (tertiary/aromatic N) is 3. The predicted molar refractivity (Wildman–Crippen MR) is 124 cm³/mol. The number of thioether (sulfide) groups is 1. The molecule has 178 valence electrons. The number of likely N-dealkylation sites (N-methyl/N-ethyl adjacent to an activating group) is 1. The Labute approximate surface area is 197 Å². The van der Waals surface area contributed by atoms with Gasteiger partial charge in [0.15, 0.2) is 0 Å². The molecule has 10 heteroatoms. The lowest BCUT2D eigenvalue weighted by atomic mass is 10.1. The van der Waals surface area contributed by atoms with Gasteiger partial charge in [0.05, 0.1) is 10.5 Å². The van der Waals surface area contributed by atoms with Crippen LogP contribution in [0.2, 0.25) is 0 Å². The van der Waals surface area contributed by atoms with Crippen molar-refractivity contribution in [1.82, 2.24) is 14.4 Å². The van der Waals surface area contributed by atoms with Gasteiger partial charge in [-0.1, -0.05) is 12.1 Å². The van der Waals surface area contributed by atoms with Crippen LogP contribution in [0.5, 0.6) is 0 Å². The summed E-state index contributed by atoms with van der Waals surface area (Å²) in [5.74, 6) is -1.28. The Morgan fingerprint density at radius 2 is 1.82 bits per heavy atom. The second-order valence-corrected chi connectivity index (χ2v) is 9.19. The first-order chi connectivity index (χ1) is 16.0. The van der Waals surface area contributed by atoms with Crippen molar-refractivity contribution >= 4 is 39.9 Å². The first-order valence-electron chi connectivity index (χ1n) is 10.4. The molecule has 0 aliphatic carbocycles. The van der Waals surface area contributed by atoms with E-state index in [0.717, 1.165) is 29.3 Å². The van der Waals surface area contributed by atoms with Gasteiger partial charge in [0.25, 0.3) is 11.1 Å². The van der Waals surface area contributed by atoms with Gasteiger partial charge in [-0.15, -0.1) is 0 Å². The fourth-order valence-corrected chi connectivity index (χ4v) is 4.59. The number of fused-ring (bicyclic) bond motifs is 1. The molecule has 3 aromatic rings. The van der Waals surface area contributed by atoms with Gasteiger partial charge in [-0.05, 0) is 73.4 Å². The van der Waals surface area contributed by atoms with E-state index in [-0.39, 0.29) is 23.3 Å². The van der Waals surface area contributed by atoms with Crippen LogP contribution >= 0.6 is 11.8 Å². The fourth-order valence-electron chi connectivity index (χ4n) is 3.72. The predicted octanol–water partition coefficient (Wildman–Crippen LogP) is 5.45. The van der Waals surface area contributed by atoms with Crippen LogP contribution in [0.1, 0.15) is 16.7 Å². The lowest BCUT2D eigenvalue weighted by molar-refractivity contribution is -0.138. The molecule has 0 atom stereocenters. The number of hydrogen-bond donors (Lipinski definition) is 0. The molecule has 34 heavy (non-hydrogen) atoms. The first kappa shape index (κ1) is 24.0. The molecule has 1 aromatic heterocycles. The minimum Gasteiger partial charge on any atom is -0.343 e. The van der Waals surface area contributed by atoms with E-state index in [0.29, 0.717) is 35.1 Å². The van der Waals surface area contributed by atoms with Crippen molar-refractivity contribution in [2.45, 2.75) is 12.7 Å². The van der Waals surface area contributed by atoms with E-state index in [9.17, 15) is 27.2 Å². The lowest BCUT2D eigenvalue weighted by Gasteiger charge is -2.15. The average Bonchev–Trinajstić information content (AvgIpc) is 3.27. The molecule has 5 nitrogen and oxygen atoms in total. The van der Waals surface area contributed by atoms with E-state index >= 15 is 0 Å². The van der Waals surface area contributed by atoms with E-state index in [1.54, 1.807) is 41.1 Å². The van der Waals surface area contributed by atoms with Crippen molar-refractivity contribution in [2.24, 2.45) is 0 Å². The summed E-state index contributed by atoms with van der Waals surface area (Å²) in [5, 5.41) is 0.446. The molecule has 0 bridgehead atoms.